The molecule has 0 atom stereocenters. The molecule has 2 aromatic rings. The first kappa shape index (κ1) is 15.0. The molecule has 1 N–H and O–H groups in total. The van der Waals surface area contributed by atoms with Gasteiger partial charge in [0, 0.05) is 25.7 Å². The summed E-state index contributed by atoms with van der Waals surface area (Å²) in [5.41, 5.74) is 3.00. The second-order valence-corrected chi connectivity index (χ2v) is 5.09. The van der Waals surface area contributed by atoms with Gasteiger partial charge in [0.15, 0.2) is 0 Å². The third-order valence-corrected chi connectivity index (χ3v) is 3.44. The number of benzene rings is 1. The summed E-state index contributed by atoms with van der Waals surface area (Å²) in [6.07, 6.45) is 3.78. The molecule has 0 fully saturated rings. The Balaban J connectivity index is 1.89. The van der Waals surface area contributed by atoms with Crippen molar-refractivity contribution >= 4 is 11.6 Å². The second kappa shape index (κ2) is 6.88. The minimum atomic E-state index is -0.0935. The van der Waals surface area contributed by atoms with Crippen LogP contribution in [-0.4, -0.2) is 10.5 Å². The van der Waals surface area contributed by atoms with E-state index in [1.807, 2.05) is 0 Å². The lowest BCUT2D eigenvalue weighted by Crippen LogP contribution is -2.18. The number of nitrogens with zero attached hydrogens (tertiary/aromatic N) is 1. The molecule has 1 aromatic heterocycles. The predicted molar refractivity (Wildman–Crippen MR) is 84.5 cm³/mol. The van der Waals surface area contributed by atoms with E-state index in [0.717, 1.165) is 12.0 Å². The molecule has 1 heterocycles. The molecule has 1 aromatic carbocycles. The van der Waals surface area contributed by atoms with Gasteiger partial charge >= 0.3 is 0 Å². The molecular formula is C17H20N2O2. The lowest BCUT2D eigenvalue weighted by Gasteiger charge is -2.07. The average molecular weight is 284 g/mol. The van der Waals surface area contributed by atoms with Crippen LogP contribution in [0.3, 0.4) is 0 Å². The van der Waals surface area contributed by atoms with E-state index < -0.39 is 0 Å². The zero-order valence-corrected chi connectivity index (χ0v) is 12.4. The van der Waals surface area contributed by atoms with Crippen LogP contribution < -0.4 is 10.9 Å². The maximum absolute atomic E-state index is 11.9. The van der Waals surface area contributed by atoms with Crippen LogP contribution in [0.1, 0.15) is 24.5 Å². The number of anilines is 1. The number of aryl methyl sites for hydroxylation is 3. The Morgan fingerprint density at radius 3 is 2.38 bits per heavy atom. The number of hydrogen-bond acceptors (Lipinski definition) is 2. The first-order valence-corrected chi connectivity index (χ1v) is 7.13. The van der Waals surface area contributed by atoms with Crippen molar-refractivity contribution in [3.05, 3.63) is 64.1 Å². The maximum atomic E-state index is 11.9. The van der Waals surface area contributed by atoms with Crippen LogP contribution in [-0.2, 0) is 24.7 Å². The van der Waals surface area contributed by atoms with E-state index in [-0.39, 0.29) is 11.5 Å². The molecule has 0 bridgehead atoms. The van der Waals surface area contributed by atoms with Gasteiger partial charge in [-0.25, -0.2) is 0 Å². The van der Waals surface area contributed by atoms with E-state index >= 15 is 0 Å². The van der Waals surface area contributed by atoms with Crippen LogP contribution in [0.5, 0.6) is 0 Å². The Hall–Kier alpha value is -2.36. The summed E-state index contributed by atoms with van der Waals surface area (Å²) < 4.78 is 1.44. The summed E-state index contributed by atoms with van der Waals surface area (Å²) in [5, 5.41) is 2.80. The van der Waals surface area contributed by atoms with Gasteiger partial charge in [0.05, 0.1) is 5.69 Å². The van der Waals surface area contributed by atoms with E-state index in [0.29, 0.717) is 18.5 Å². The molecule has 110 valence electrons. The predicted octanol–water partition coefficient (Wildman–Crippen LogP) is 2.52. The highest BCUT2D eigenvalue weighted by Gasteiger charge is 2.04. The van der Waals surface area contributed by atoms with Gasteiger partial charge in [0.25, 0.3) is 0 Å². The molecule has 4 nitrogen and oxygen atoms in total. The average Bonchev–Trinajstić information content (AvgIpc) is 2.49. The highest BCUT2D eigenvalue weighted by atomic mass is 16.1. The van der Waals surface area contributed by atoms with Gasteiger partial charge in [-0.05, 0) is 30.0 Å². The Bertz CT molecular complexity index is 672. The largest absolute Gasteiger partial charge is 0.325 e. The summed E-state index contributed by atoms with van der Waals surface area (Å²) in [4.78, 5) is 23.2. The van der Waals surface area contributed by atoms with Crippen molar-refractivity contribution in [2.24, 2.45) is 7.05 Å². The molecule has 0 saturated heterocycles. The SMILES string of the molecule is CCc1ccc(CCC(=O)Nc2ccc(=O)n(C)c2)cc1. The van der Waals surface area contributed by atoms with Crippen molar-refractivity contribution in [2.75, 3.05) is 5.32 Å². The first-order chi connectivity index (χ1) is 10.1. The topological polar surface area (TPSA) is 51.1 Å². The third-order valence-electron chi connectivity index (χ3n) is 3.44. The summed E-state index contributed by atoms with van der Waals surface area (Å²) in [5.74, 6) is -0.0479. The molecule has 0 aliphatic heterocycles. The van der Waals surface area contributed by atoms with Crippen LogP contribution in [0.4, 0.5) is 5.69 Å². The van der Waals surface area contributed by atoms with Gasteiger partial charge in [0.1, 0.15) is 0 Å². The lowest BCUT2D eigenvalue weighted by molar-refractivity contribution is -0.116. The van der Waals surface area contributed by atoms with E-state index in [4.69, 9.17) is 0 Å². The zero-order chi connectivity index (χ0) is 15.2. The monoisotopic (exact) mass is 284 g/mol. The molecule has 0 spiro atoms. The van der Waals surface area contributed by atoms with Crippen molar-refractivity contribution in [1.29, 1.82) is 0 Å². The lowest BCUT2D eigenvalue weighted by atomic mass is 10.1. The third kappa shape index (κ3) is 4.31. The smallest absolute Gasteiger partial charge is 0.250 e. The number of rotatable bonds is 5. The van der Waals surface area contributed by atoms with Crippen LogP contribution >= 0.6 is 0 Å². The maximum Gasteiger partial charge on any atom is 0.250 e. The number of amides is 1. The minimum absolute atomic E-state index is 0.0479. The number of carbonyl (C=O) groups is 1. The molecule has 4 heteroatoms. The van der Waals surface area contributed by atoms with Crippen LogP contribution in [0.15, 0.2) is 47.4 Å². The van der Waals surface area contributed by atoms with E-state index in [9.17, 15) is 9.59 Å². The Morgan fingerprint density at radius 2 is 1.76 bits per heavy atom. The molecular weight excluding hydrogens is 264 g/mol. The molecule has 0 saturated carbocycles. The fraction of sp³-hybridized carbons (Fsp3) is 0.294. The molecule has 1 amide bonds. The summed E-state index contributed by atoms with van der Waals surface area (Å²) in [7, 11) is 1.66. The van der Waals surface area contributed by atoms with Crippen molar-refractivity contribution in [1.82, 2.24) is 4.57 Å². The Kier molecular flexibility index (Phi) is 4.93. The summed E-state index contributed by atoms with van der Waals surface area (Å²) in [6, 6.07) is 11.4. The molecule has 0 unspecified atom stereocenters. The first-order valence-electron chi connectivity index (χ1n) is 7.13. The van der Waals surface area contributed by atoms with E-state index in [1.165, 1.54) is 16.2 Å². The normalized spacial score (nSPS) is 10.4. The molecule has 2 rings (SSSR count). The fourth-order valence-electron chi connectivity index (χ4n) is 2.09. The molecule has 21 heavy (non-hydrogen) atoms. The van der Waals surface area contributed by atoms with Crippen LogP contribution in [0.25, 0.3) is 0 Å². The van der Waals surface area contributed by atoms with E-state index in [1.54, 1.807) is 19.3 Å². The molecule has 0 aliphatic rings. The highest BCUT2D eigenvalue weighted by molar-refractivity contribution is 5.90. The summed E-state index contributed by atoms with van der Waals surface area (Å²) >= 11 is 0. The van der Waals surface area contributed by atoms with Gasteiger partial charge < -0.3 is 9.88 Å². The minimum Gasteiger partial charge on any atom is -0.325 e. The van der Waals surface area contributed by atoms with E-state index in [2.05, 4.69) is 36.5 Å². The summed E-state index contributed by atoms with van der Waals surface area (Å²) in [6.45, 7) is 2.12. The van der Waals surface area contributed by atoms with Crippen molar-refractivity contribution in [2.45, 2.75) is 26.2 Å². The number of aromatic nitrogens is 1. The fourth-order valence-corrected chi connectivity index (χ4v) is 2.09. The van der Waals surface area contributed by atoms with Gasteiger partial charge in [-0.15, -0.1) is 0 Å². The quantitative estimate of drug-likeness (QED) is 0.917. The van der Waals surface area contributed by atoms with Crippen molar-refractivity contribution in [3.8, 4) is 0 Å². The van der Waals surface area contributed by atoms with Gasteiger partial charge in [0.2, 0.25) is 11.5 Å². The second-order valence-electron chi connectivity index (χ2n) is 5.09. The molecule has 0 radical (unpaired) electrons. The molecule has 0 aliphatic carbocycles. The van der Waals surface area contributed by atoms with Crippen molar-refractivity contribution < 1.29 is 4.79 Å². The Labute approximate surface area is 124 Å². The van der Waals surface area contributed by atoms with Crippen molar-refractivity contribution in [3.63, 3.8) is 0 Å². The van der Waals surface area contributed by atoms with Gasteiger partial charge in [-0.1, -0.05) is 31.2 Å². The van der Waals surface area contributed by atoms with Crippen LogP contribution in [0, 0.1) is 0 Å². The zero-order valence-electron chi connectivity index (χ0n) is 12.4. The number of carbonyl (C=O) groups excluding carboxylic acids is 1. The van der Waals surface area contributed by atoms with Crippen LogP contribution in [0.2, 0.25) is 0 Å². The number of nitrogens with one attached hydrogen (secondary N) is 1. The standard InChI is InChI=1S/C17H20N2O2/c1-3-13-4-6-14(7-5-13)8-10-16(20)18-15-9-11-17(21)19(2)12-15/h4-7,9,11-12H,3,8,10H2,1-2H3,(H,18,20). The highest BCUT2D eigenvalue weighted by Crippen LogP contribution is 2.09. The number of pyridine rings is 1. The number of hydrogen-bond donors (Lipinski definition) is 1. The van der Waals surface area contributed by atoms with Gasteiger partial charge in [-0.3, -0.25) is 9.59 Å². The van der Waals surface area contributed by atoms with Gasteiger partial charge in [-0.2, -0.15) is 0 Å². The Morgan fingerprint density at radius 1 is 1.10 bits per heavy atom.